The van der Waals surface area contributed by atoms with Crippen molar-refractivity contribution >= 4 is 18.2 Å². The maximum atomic E-state index is 9.90. The van der Waals surface area contributed by atoms with Crippen molar-refractivity contribution in [2.45, 2.75) is 6.42 Å². The number of rotatable bonds is 3. The van der Waals surface area contributed by atoms with E-state index in [0.717, 1.165) is 12.0 Å². The molecule has 2 nitrogen and oxygen atoms in total. The number of carbonyl (C=O) groups is 1. The fraction of sp³-hybridized carbons (Fsp3) is 0.111. The molecule has 0 aliphatic carbocycles. The molecule has 1 aromatic carbocycles. The summed E-state index contributed by atoms with van der Waals surface area (Å²) in [6.45, 7) is 0. The van der Waals surface area contributed by atoms with Crippen LogP contribution in [-0.2, 0) is 4.79 Å². The Morgan fingerprint density at radius 2 is 2.00 bits per heavy atom. The Hall–Kier alpha value is -1.44. The van der Waals surface area contributed by atoms with E-state index in [1.165, 1.54) is 0 Å². The molecule has 0 radical (unpaired) electrons. The lowest BCUT2D eigenvalue weighted by atomic mass is 10.3. The van der Waals surface area contributed by atoms with E-state index in [1.807, 2.05) is 30.3 Å². The van der Waals surface area contributed by atoms with Gasteiger partial charge in [0.05, 0.1) is 5.69 Å². The minimum absolute atomic E-state index is 0.384. The van der Waals surface area contributed by atoms with Crippen molar-refractivity contribution in [2.24, 2.45) is 4.99 Å². The van der Waals surface area contributed by atoms with Gasteiger partial charge < -0.3 is 4.79 Å². The van der Waals surface area contributed by atoms with E-state index in [4.69, 9.17) is 0 Å². The molecule has 0 aliphatic rings. The second-order valence-corrected chi connectivity index (χ2v) is 2.05. The van der Waals surface area contributed by atoms with Gasteiger partial charge in [0.2, 0.25) is 0 Å². The van der Waals surface area contributed by atoms with Crippen molar-refractivity contribution in [1.29, 1.82) is 0 Å². The molecule has 0 heterocycles. The molecule has 11 heavy (non-hydrogen) atoms. The van der Waals surface area contributed by atoms with Crippen molar-refractivity contribution in [2.75, 3.05) is 0 Å². The van der Waals surface area contributed by atoms with Crippen LogP contribution in [0.15, 0.2) is 35.3 Å². The van der Waals surface area contributed by atoms with Crippen LogP contribution in [0.4, 0.5) is 5.69 Å². The van der Waals surface area contributed by atoms with Gasteiger partial charge in [-0.05, 0) is 12.1 Å². The molecule has 1 aromatic rings. The van der Waals surface area contributed by atoms with Crippen LogP contribution in [0.25, 0.3) is 0 Å². The van der Waals surface area contributed by atoms with Gasteiger partial charge in [0.15, 0.2) is 0 Å². The molecule has 1 rings (SSSR count). The maximum absolute atomic E-state index is 9.90. The van der Waals surface area contributed by atoms with Crippen LogP contribution in [-0.4, -0.2) is 12.5 Å². The zero-order valence-corrected chi connectivity index (χ0v) is 6.10. The Balaban J connectivity index is 2.57. The van der Waals surface area contributed by atoms with Crippen molar-refractivity contribution in [3.05, 3.63) is 30.3 Å². The highest BCUT2D eigenvalue weighted by molar-refractivity contribution is 5.78. The second kappa shape index (κ2) is 4.39. The van der Waals surface area contributed by atoms with Gasteiger partial charge in [-0.15, -0.1) is 0 Å². The molecule has 0 aromatic heterocycles. The molecule has 0 atom stereocenters. The van der Waals surface area contributed by atoms with Crippen molar-refractivity contribution in [3.8, 4) is 0 Å². The molecule has 0 N–H and O–H groups in total. The molecule has 0 saturated carbocycles. The summed E-state index contributed by atoms with van der Waals surface area (Å²) in [5.74, 6) is 0. The molecule has 2 heteroatoms. The van der Waals surface area contributed by atoms with E-state index in [2.05, 4.69) is 4.99 Å². The van der Waals surface area contributed by atoms with Crippen LogP contribution >= 0.6 is 0 Å². The predicted octanol–water partition coefficient (Wildman–Crippen LogP) is 1.98. The van der Waals surface area contributed by atoms with Gasteiger partial charge in [-0.3, -0.25) is 4.99 Å². The molecule has 0 fully saturated rings. The lowest BCUT2D eigenvalue weighted by molar-refractivity contribution is -0.106. The summed E-state index contributed by atoms with van der Waals surface area (Å²) in [5, 5.41) is 0. The third-order valence-corrected chi connectivity index (χ3v) is 1.20. The number of carbonyl (C=O) groups excluding carboxylic acids is 1. The Labute approximate surface area is 65.6 Å². The van der Waals surface area contributed by atoms with E-state index >= 15 is 0 Å². The fourth-order valence-corrected chi connectivity index (χ4v) is 0.715. The molecular weight excluding hydrogens is 138 g/mol. The monoisotopic (exact) mass is 147 g/mol. The van der Waals surface area contributed by atoms with Gasteiger partial charge in [0.1, 0.15) is 6.29 Å². The summed E-state index contributed by atoms with van der Waals surface area (Å²) in [6.07, 6.45) is 2.81. The number of hydrogen-bond acceptors (Lipinski definition) is 2. The third kappa shape index (κ3) is 2.76. The molecule has 0 aliphatic heterocycles. The summed E-state index contributed by atoms with van der Waals surface area (Å²) in [6, 6.07) is 9.53. The number of benzene rings is 1. The maximum Gasteiger partial charge on any atom is 0.125 e. The first-order valence-electron chi connectivity index (χ1n) is 3.44. The Bertz CT molecular complexity index is 241. The topological polar surface area (TPSA) is 29.4 Å². The Morgan fingerprint density at radius 3 is 2.64 bits per heavy atom. The molecule has 56 valence electrons. The van der Waals surface area contributed by atoms with Gasteiger partial charge in [-0.1, -0.05) is 18.2 Å². The van der Waals surface area contributed by atoms with Crippen LogP contribution in [0.1, 0.15) is 6.42 Å². The highest BCUT2D eigenvalue weighted by Gasteiger charge is 1.81. The van der Waals surface area contributed by atoms with Crippen LogP contribution in [0.3, 0.4) is 0 Å². The third-order valence-electron chi connectivity index (χ3n) is 1.20. The second-order valence-electron chi connectivity index (χ2n) is 2.05. The average molecular weight is 147 g/mol. The highest BCUT2D eigenvalue weighted by atomic mass is 16.1. The van der Waals surface area contributed by atoms with Crippen LogP contribution in [0.5, 0.6) is 0 Å². The Morgan fingerprint density at radius 1 is 1.27 bits per heavy atom. The first-order valence-corrected chi connectivity index (χ1v) is 3.44. The molecule has 0 unspecified atom stereocenters. The number of para-hydroxylation sites is 1. The highest BCUT2D eigenvalue weighted by Crippen LogP contribution is 2.07. The number of nitrogens with zero attached hydrogens (tertiary/aromatic N) is 1. The average Bonchev–Trinajstić information content (AvgIpc) is 2.07. The lowest BCUT2D eigenvalue weighted by Gasteiger charge is -1.88. The minimum Gasteiger partial charge on any atom is -0.303 e. The van der Waals surface area contributed by atoms with Gasteiger partial charge in [-0.25, -0.2) is 0 Å². The van der Waals surface area contributed by atoms with Crippen LogP contribution in [0, 0.1) is 0 Å². The molecule has 0 bridgehead atoms. The summed E-state index contributed by atoms with van der Waals surface area (Å²) < 4.78 is 0. The lowest BCUT2D eigenvalue weighted by Crippen LogP contribution is -1.73. The number of aliphatic imine (C=N–C) groups is 1. The minimum atomic E-state index is 0.384. The zero-order valence-electron chi connectivity index (χ0n) is 6.10. The molecule has 0 saturated heterocycles. The van der Waals surface area contributed by atoms with E-state index in [-0.39, 0.29) is 0 Å². The summed E-state index contributed by atoms with van der Waals surface area (Å²) >= 11 is 0. The standard InChI is InChI=1S/C9H9NO/c11-8-4-7-10-9-5-2-1-3-6-9/h1-3,5-8H,4H2. The molecular formula is C9H9NO. The molecule has 0 spiro atoms. The first kappa shape index (κ1) is 7.66. The molecule has 0 amide bonds. The SMILES string of the molecule is O=CCC=Nc1ccccc1. The Kier molecular flexibility index (Phi) is 3.06. The quantitative estimate of drug-likeness (QED) is 0.474. The van der Waals surface area contributed by atoms with Crippen LogP contribution < -0.4 is 0 Å². The van der Waals surface area contributed by atoms with Crippen molar-refractivity contribution < 1.29 is 4.79 Å². The summed E-state index contributed by atoms with van der Waals surface area (Å²) in [7, 11) is 0. The summed E-state index contributed by atoms with van der Waals surface area (Å²) in [4.78, 5) is 13.9. The number of hydrogen-bond donors (Lipinski definition) is 0. The van der Waals surface area contributed by atoms with E-state index < -0.39 is 0 Å². The summed E-state index contributed by atoms with van der Waals surface area (Å²) in [5.41, 5.74) is 0.884. The normalized spacial score (nSPS) is 10.2. The largest absolute Gasteiger partial charge is 0.303 e. The number of aldehydes is 1. The van der Waals surface area contributed by atoms with Gasteiger partial charge in [0.25, 0.3) is 0 Å². The van der Waals surface area contributed by atoms with Gasteiger partial charge in [-0.2, -0.15) is 0 Å². The van der Waals surface area contributed by atoms with E-state index in [9.17, 15) is 4.79 Å². The van der Waals surface area contributed by atoms with E-state index in [1.54, 1.807) is 6.21 Å². The fourth-order valence-electron chi connectivity index (χ4n) is 0.715. The van der Waals surface area contributed by atoms with Crippen molar-refractivity contribution in [1.82, 2.24) is 0 Å². The smallest absolute Gasteiger partial charge is 0.125 e. The van der Waals surface area contributed by atoms with Gasteiger partial charge >= 0.3 is 0 Å². The van der Waals surface area contributed by atoms with E-state index in [0.29, 0.717) is 6.42 Å². The van der Waals surface area contributed by atoms with Crippen molar-refractivity contribution in [3.63, 3.8) is 0 Å². The predicted molar refractivity (Wildman–Crippen MR) is 45.3 cm³/mol. The van der Waals surface area contributed by atoms with Gasteiger partial charge in [0, 0.05) is 12.6 Å². The first-order chi connectivity index (χ1) is 5.43. The van der Waals surface area contributed by atoms with Crippen LogP contribution in [0.2, 0.25) is 0 Å². The zero-order chi connectivity index (χ0) is 7.94.